The third-order valence-corrected chi connectivity index (χ3v) is 5.32. The van der Waals surface area contributed by atoms with E-state index >= 15 is 0 Å². The van der Waals surface area contributed by atoms with Crippen LogP contribution in [0, 0.1) is 0 Å². The SMILES string of the molecule is O=C(CCSCCN1C(=O)c2ccccc2C1=O)NC(=O)NCc1ccccc1. The first-order valence-electron chi connectivity index (χ1n) is 9.21. The summed E-state index contributed by atoms with van der Waals surface area (Å²) in [6, 6.07) is 15.6. The van der Waals surface area contributed by atoms with Crippen molar-refractivity contribution in [1.29, 1.82) is 0 Å². The molecule has 2 aromatic carbocycles. The summed E-state index contributed by atoms with van der Waals surface area (Å²) >= 11 is 1.45. The maximum absolute atomic E-state index is 12.3. The largest absolute Gasteiger partial charge is 0.334 e. The van der Waals surface area contributed by atoms with Crippen LogP contribution in [0.3, 0.4) is 0 Å². The fourth-order valence-electron chi connectivity index (χ4n) is 2.88. The van der Waals surface area contributed by atoms with Crippen LogP contribution in [0.2, 0.25) is 0 Å². The minimum Gasteiger partial charge on any atom is -0.334 e. The Labute approximate surface area is 172 Å². The number of hydrogen-bond acceptors (Lipinski definition) is 5. The molecule has 5 amide bonds. The number of fused-ring (bicyclic) bond motifs is 1. The van der Waals surface area contributed by atoms with E-state index in [1.54, 1.807) is 24.3 Å². The smallest absolute Gasteiger partial charge is 0.321 e. The van der Waals surface area contributed by atoms with Gasteiger partial charge in [-0.15, -0.1) is 0 Å². The highest BCUT2D eigenvalue weighted by Gasteiger charge is 2.34. The van der Waals surface area contributed by atoms with Crippen molar-refractivity contribution in [3.63, 3.8) is 0 Å². The van der Waals surface area contributed by atoms with Gasteiger partial charge in [-0.05, 0) is 17.7 Å². The molecular formula is C21H21N3O4S. The number of nitrogens with zero attached hydrogens (tertiary/aromatic N) is 1. The van der Waals surface area contributed by atoms with E-state index in [1.165, 1.54) is 16.7 Å². The lowest BCUT2D eigenvalue weighted by molar-refractivity contribution is -0.119. The van der Waals surface area contributed by atoms with Crippen LogP contribution in [0.4, 0.5) is 4.79 Å². The van der Waals surface area contributed by atoms with Gasteiger partial charge >= 0.3 is 6.03 Å². The third kappa shape index (κ3) is 5.45. The normalized spacial score (nSPS) is 12.6. The van der Waals surface area contributed by atoms with Crippen molar-refractivity contribution in [3.8, 4) is 0 Å². The highest BCUT2D eigenvalue weighted by molar-refractivity contribution is 7.99. The number of rotatable bonds is 8. The number of amides is 5. The second kappa shape index (κ2) is 9.88. The van der Waals surface area contributed by atoms with Crippen LogP contribution in [0.25, 0.3) is 0 Å². The van der Waals surface area contributed by atoms with E-state index in [4.69, 9.17) is 0 Å². The van der Waals surface area contributed by atoms with Gasteiger partial charge in [0.05, 0.1) is 11.1 Å². The molecule has 1 aliphatic rings. The van der Waals surface area contributed by atoms with Crippen molar-refractivity contribution in [2.75, 3.05) is 18.1 Å². The molecule has 0 spiro atoms. The summed E-state index contributed by atoms with van der Waals surface area (Å²) in [6.07, 6.45) is 0.172. The molecule has 8 heteroatoms. The van der Waals surface area contributed by atoms with Gasteiger partial charge in [0.2, 0.25) is 5.91 Å². The molecule has 0 saturated carbocycles. The Hall–Kier alpha value is -3.13. The van der Waals surface area contributed by atoms with Gasteiger partial charge in [0.1, 0.15) is 0 Å². The van der Waals surface area contributed by atoms with E-state index in [2.05, 4.69) is 10.6 Å². The summed E-state index contributed by atoms with van der Waals surface area (Å²) in [7, 11) is 0. The molecule has 0 saturated heterocycles. The van der Waals surface area contributed by atoms with Crippen LogP contribution < -0.4 is 10.6 Å². The number of benzene rings is 2. The number of thioether (sulfide) groups is 1. The molecular weight excluding hydrogens is 390 g/mol. The van der Waals surface area contributed by atoms with Gasteiger partial charge in [-0.1, -0.05) is 42.5 Å². The second-order valence-electron chi connectivity index (χ2n) is 6.39. The van der Waals surface area contributed by atoms with E-state index < -0.39 is 6.03 Å². The Morgan fingerprint density at radius 1 is 0.862 bits per heavy atom. The topological polar surface area (TPSA) is 95.6 Å². The standard InChI is InChI=1S/C21H21N3O4S/c25-18(23-21(28)22-14-15-6-2-1-3-7-15)10-12-29-13-11-24-19(26)16-8-4-5-9-17(16)20(24)27/h1-9H,10-14H2,(H2,22,23,25,28). The summed E-state index contributed by atoms with van der Waals surface area (Å²) in [6.45, 7) is 0.630. The average Bonchev–Trinajstić information content (AvgIpc) is 2.98. The van der Waals surface area contributed by atoms with Crippen LogP contribution in [0.15, 0.2) is 54.6 Å². The van der Waals surface area contributed by atoms with Crippen molar-refractivity contribution in [3.05, 3.63) is 71.3 Å². The lowest BCUT2D eigenvalue weighted by atomic mass is 10.1. The van der Waals surface area contributed by atoms with Crippen molar-refractivity contribution < 1.29 is 19.2 Å². The summed E-state index contributed by atoms with van der Waals surface area (Å²) in [5.74, 6) is 0.0850. The number of urea groups is 1. The minimum atomic E-state index is -0.533. The Morgan fingerprint density at radius 3 is 2.14 bits per heavy atom. The third-order valence-electron chi connectivity index (χ3n) is 4.36. The maximum atomic E-state index is 12.3. The van der Waals surface area contributed by atoms with Gasteiger partial charge in [0.25, 0.3) is 11.8 Å². The monoisotopic (exact) mass is 411 g/mol. The van der Waals surface area contributed by atoms with Crippen LogP contribution >= 0.6 is 11.8 Å². The first-order valence-corrected chi connectivity index (χ1v) is 10.4. The number of hydrogen-bond donors (Lipinski definition) is 2. The second-order valence-corrected chi connectivity index (χ2v) is 7.61. The van der Waals surface area contributed by atoms with Gasteiger partial charge < -0.3 is 5.32 Å². The van der Waals surface area contributed by atoms with Crippen molar-refractivity contribution in [2.45, 2.75) is 13.0 Å². The molecule has 0 aromatic heterocycles. The van der Waals surface area contributed by atoms with E-state index in [-0.39, 0.29) is 30.7 Å². The van der Waals surface area contributed by atoms with Gasteiger partial charge in [-0.2, -0.15) is 11.8 Å². The number of carbonyl (C=O) groups excluding carboxylic acids is 4. The van der Waals surface area contributed by atoms with Crippen molar-refractivity contribution in [1.82, 2.24) is 15.5 Å². The summed E-state index contributed by atoms with van der Waals surface area (Å²) in [4.78, 5) is 49.3. The van der Waals surface area contributed by atoms with E-state index in [9.17, 15) is 19.2 Å². The molecule has 0 fully saturated rings. The molecule has 0 unspecified atom stereocenters. The van der Waals surface area contributed by atoms with Crippen LogP contribution in [-0.4, -0.2) is 46.7 Å². The van der Waals surface area contributed by atoms with E-state index in [1.807, 2.05) is 30.3 Å². The maximum Gasteiger partial charge on any atom is 0.321 e. The number of imide groups is 2. The fraction of sp³-hybridized carbons (Fsp3) is 0.238. The molecule has 3 rings (SSSR count). The summed E-state index contributed by atoms with van der Waals surface area (Å²) in [5, 5.41) is 4.91. The molecule has 1 aliphatic heterocycles. The zero-order chi connectivity index (χ0) is 20.6. The fourth-order valence-corrected chi connectivity index (χ4v) is 3.72. The zero-order valence-electron chi connectivity index (χ0n) is 15.7. The lowest BCUT2D eigenvalue weighted by Crippen LogP contribution is -2.39. The van der Waals surface area contributed by atoms with Gasteiger partial charge in [0, 0.05) is 31.0 Å². The quantitative estimate of drug-likeness (QED) is 0.514. The molecule has 150 valence electrons. The average molecular weight is 411 g/mol. The summed E-state index contributed by atoms with van der Waals surface area (Å²) < 4.78 is 0. The van der Waals surface area contributed by atoms with Gasteiger partial charge in [-0.3, -0.25) is 24.6 Å². The molecule has 2 aromatic rings. The molecule has 29 heavy (non-hydrogen) atoms. The molecule has 2 N–H and O–H groups in total. The van der Waals surface area contributed by atoms with E-state index in [0.29, 0.717) is 29.2 Å². The number of carbonyl (C=O) groups is 4. The highest BCUT2D eigenvalue weighted by Crippen LogP contribution is 2.22. The van der Waals surface area contributed by atoms with Gasteiger partial charge in [-0.25, -0.2) is 4.79 Å². The Bertz CT molecular complexity index is 882. The van der Waals surface area contributed by atoms with Gasteiger partial charge in [0.15, 0.2) is 0 Å². The predicted octanol–water partition coefficient (Wildman–Crippen LogP) is 2.43. The van der Waals surface area contributed by atoms with Crippen molar-refractivity contribution in [2.24, 2.45) is 0 Å². The van der Waals surface area contributed by atoms with E-state index in [0.717, 1.165) is 5.56 Å². The molecule has 0 radical (unpaired) electrons. The predicted molar refractivity (Wildman–Crippen MR) is 111 cm³/mol. The van der Waals surface area contributed by atoms with Crippen molar-refractivity contribution >= 4 is 35.5 Å². The molecule has 7 nitrogen and oxygen atoms in total. The molecule has 0 bridgehead atoms. The van der Waals surface area contributed by atoms with Crippen LogP contribution in [0.5, 0.6) is 0 Å². The first kappa shape index (κ1) is 20.6. The molecule has 1 heterocycles. The first-order chi connectivity index (χ1) is 14.1. The summed E-state index contributed by atoms with van der Waals surface area (Å²) in [5.41, 5.74) is 1.81. The zero-order valence-corrected chi connectivity index (χ0v) is 16.5. The molecule has 0 atom stereocenters. The molecule has 0 aliphatic carbocycles. The Kier molecular flexibility index (Phi) is 7.02. The van der Waals surface area contributed by atoms with Crippen LogP contribution in [0.1, 0.15) is 32.7 Å². The Morgan fingerprint density at radius 2 is 1.48 bits per heavy atom. The van der Waals surface area contributed by atoms with Crippen LogP contribution in [-0.2, 0) is 11.3 Å². The minimum absolute atomic E-state index is 0.172. The lowest BCUT2D eigenvalue weighted by Gasteiger charge is -2.13. The Balaban J connectivity index is 1.31. The number of nitrogens with one attached hydrogen (secondary N) is 2. The highest BCUT2D eigenvalue weighted by atomic mass is 32.2.